The lowest BCUT2D eigenvalue weighted by Crippen LogP contribution is -2.40. The Morgan fingerprint density at radius 3 is 3.00 bits per heavy atom. The molecule has 2 aliphatic rings. The normalized spacial score (nSPS) is 23.3. The van der Waals surface area contributed by atoms with E-state index in [4.69, 9.17) is 5.73 Å². The van der Waals surface area contributed by atoms with Gasteiger partial charge in [-0.25, -0.2) is 4.98 Å². The van der Waals surface area contributed by atoms with Crippen LogP contribution in [0.3, 0.4) is 0 Å². The third-order valence-corrected chi connectivity index (χ3v) is 5.06. The highest BCUT2D eigenvalue weighted by molar-refractivity contribution is 5.65. The molecule has 2 fully saturated rings. The fourth-order valence-corrected chi connectivity index (χ4v) is 3.83. The van der Waals surface area contributed by atoms with Crippen molar-refractivity contribution in [2.24, 2.45) is 5.92 Å². The van der Waals surface area contributed by atoms with Crippen molar-refractivity contribution < 1.29 is 5.11 Å². The second-order valence-electron chi connectivity index (χ2n) is 6.70. The van der Waals surface area contributed by atoms with Crippen LogP contribution in [0, 0.1) is 5.92 Å². The van der Waals surface area contributed by atoms with Crippen molar-refractivity contribution >= 4 is 11.8 Å². The molecular formula is C18H23N5O. The molecule has 0 radical (unpaired) electrons. The molecule has 126 valence electrons. The maximum absolute atomic E-state index is 9.34. The number of hydrogen-bond donors (Lipinski definition) is 3. The molecule has 0 saturated carbocycles. The van der Waals surface area contributed by atoms with Gasteiger partial charge in [0.25, 0.3) is 0 Å². The first-order valence-corrected chi connectivity index (χ1v) is 8.56. The summed E-state index contributed by atoms with van der Waals surface area (Å²) in [4.78, 5) is 11.2. The molecule has 0 amide bonds. The van der Waals surface area contributed by atoms with Crippen molar-refractivity contribution in [2.45, 2.75) is 25.5 Å². The first-order chi connectivity index (χ1) is 11.7. The monoisotopic (exact) mass is 325 g/mol. The highest BCUT2D eigenvalue weighted by atomic mass is 16.3. The number of nitrogens with zero attached hydrogens (tertiary/aromatic N) is 3. The molecule has 2 atom stereocenters. The largest absolute Gasteiger partial charge is 0.392 e. The molecule has 0 bridgehead atoms. The molecular weight excluding hydrogens is 302 g/mol. The molecule has 2 aliphatic heterocycles. The van der Waals surface area contributed by atoms with Crippen molar-refractivity contribution in [2.75, 3.05) is 30.3 Å². The van der Waals surface area contributed by atoms with Crippen molar-refractivity contribution in [3.05, 3.63) is 35.9 Å². The second-order valence-corrected chi connectivity index (χ2v) is 6.70. The zero-order valence-electron chi connectivity index (χ0n) is 13.7. The predicted molar refractivity (Wildman–Crippen MR) is 94.5 cm³/mol. The maximum atomic E-state index is 9.34. The average Bonchev–Trinajstić information content (AvgIpc) is 3.05. The highest BCUT2D eigenvalue weighted by Gasteiger charge is 2.35. The first kappa shape index (κ1) is 15.4. The zero-order valence-corrected chi connectivity index (χ0v) is 13.7. The number of benzene rings is 1. The fourth-order valence-electron chi connectivity index (χ4n) is 3.83. The van der Waals surface area contributed by atoms with Gasteiger partial charge in [-0.2, -0.15) is 4.98 Å². The van der Waals surface area contributed by atoms with E-state index in [2.05, 4.69) is 20.2 Å². The summed E-state index contributed by atoms with van der Waals surface area (Å²) in [5.74, 6) is 1.87. The van der Waals surface area contributed by atoms with E-state index in [9.17, 15) is 5.11 Å². The van der Waals surface area contributed by atoms with Crippen molar-refractivity contribution in [3.63, 3.8) is 0 Å². The van der Waals surface area contributed by atoms with E-state index in [1.807, 2.05) is 30.3 Å². The van der Waals surface area contributed by atoms with Gasteiger partial charge in [0.2, 0.25) is 5.95 Å². The lowest BCUT2D eigenvalue weighted by atomic mass is 9.94. The number of hydrogen-bond acceptors (Lipinski definition) is 6. The number of aliphatic hydroxyl groups is 1. The molecule has 2 aromatic rings. The molecule has 0 unspecified atom stereocenters. The van der Waals surface area contributed by atoms with Crippen molar-refractivity contribution in [1.29, 1.82) is 0 Å². The average molecular weight is 325 g/mol. The van der Waals surface area contributed by atoms with Crippen LogP contribution in [-0.4, -0.2) is 40.8 Å². The molecule has 3 heterocycles. The Labute approximate surface area is 141 Å². The molecule has 4 rings (SSSR count). The van der Waals surface area contributed by atoms with Crippen LogP contribution >= 0.6 is 0 Å². The minimum absolute atomic E-state index is 0.0163. The van der Waals surface area contributed by atoms with E-state index in [-0.39, 0.29) is 6.61 Å². The standard InChI is InChI=1S/C18H23N5O/c19-18-21-15(13-4-1-3-12(7-13)11-24)8-17(22-18)23-9-14-5-2-6-20-16(14)10-23/h1,3-4,7-8,14,16,20,24H,2,5-6,9-11H2,(H2,19,21,22)/t14-,16+/m1/s1. The first-order valence-electron chi connectivity index (χ1n) is 8.56. The Morgan fingerprint density at radius 2 is 2.17 bits per heavy atom. The smallest absolute Gasteiger partial charge is 0.222 e. The lowest BCUT2D eigenvalue weighted by Gasteiger charge is -2.24. The Morgan fingerprint density at radius 1 is 1.25 bits per heavy atom. The van der Waals surface area contributed by atoms with Crippen LogP contribution in [0.1, 0.15) is 18.4 Å². The molecule has 1 aromatic carbocycles. The van der Waals surface area contributed by atoms with Gasteiger partial charge in [-0.3, -0.25) is 0 Å². The topological polar surface area (TPSA) is 87.3 Å². The number of rotatable bonds is 3. The van der Waals surface area contributed by atoms with Crippen LogP contribution in [0.4, 0.5) is 11.8 Å². The summed E-state index contributed by atoms with van der Waals surface area (Å²) < 4.78 is 0. The molecule has 2 saturated heterocycles. The molecule has 1 aromatic heterocycles. The van der Waals surface area contributed by atoms with Crippen molar-refractivity contribution in [1.82, 2.24) is 15.3 Å². The van der Waals surface area contributed by atoms with Gasteiger partial charge in [-0.1, -0.05) is 18.2 Å². The lowest BCUT2D eigenvalue weighted by molar-refractivity contribution is 0.282. The third kappa shape index (κ3) is 2.95. The van der Waals surface area contributed by atoms with Gasteiger partial charge in [-0.15, -0.1) is 0 Å². The van der Waals surface area contributed by atoms with Crippen LogP contribution in [-0.2, 0) is 6.61 Å². The van der Waals surface area contributed by atoms with Gasteiger partial charge < -0.3 is 21.1 Å². The van der Waals surface area contributed by atoms with Gasteiger partial charge >= 0.3 is 0 Å². The molecule has 0 spiro atoms. The summed E-state index contributed by atoms with van der Waals surface area (Å²) >= 11 is 0. The van der Waals surface area contributed by atoms with E-state index < -0.39 is 0 Å². The second kappa shape index (κ2) is 6.37. The van der Waals surface area contributed by atoms with E-state index in [0.29, 0.717) is 17.9 Å². The fraction of sp³-hybridized carbons (Fsp3) is 0.444. The Balaban J connectivity index is 1.64. The van der Waals surface area contributed by atoms with E-state index >= 15 is 0 Å². The number of fused-ring (bicyclic) bond motifs is 1. The summed E-state index contributed by atoms with van der Waals surface area (Å²) in [6.45, 7) is 3.12. The van der Waals surface area contributed by atoms with Gasteiger partial charge in [0, 0.05) is 30.8 Å². The van der Waals surface area contributed by atoms with Gasteiger partial charge in [0.05, 0.1) is 12.3 Å². The number of nitrogens with one attached hydrogen (secondary N) is 1. The summed E-state index contributed by atoms with van der Waals surface area (Å²) in [5, 5.41) is 12.9. The number of nitrogens with two attached hydrogens (primary N) is 1. The summed E-state index contributed by atoms with van der Waals surface area (Å²) in [7, 11) is 0. The van der Waals surface area contributed by atoms with Crippen molar-refractivity contribution in [3.8, 4) is 11.3 Å². The zero-order chi connectivity index (χ0) is 16.5. The number of nitrogen functional groups attached to an aromatic ring is 1. The molecule has 4 N–H and O–H groups in total. The van der Waals surface area contributed by atoms with E-state index in [0.717, 1.165) is 42.3 Å². The van der Waals surface area contributed by atoms with E-state index in [1.165, 1.54) is 12.8 Å². The van der Waals surface area contributed by atoms with Crippen LogP contribution < -0.4 is 16.0 Å². The molecule has 6 heteroatoms. The van der Waals surface area contributed by atoms with Gasteiger partial charge in [-0.05, 0) is 36.9 Å². The SMILES string of the molecule is Nc1nc(-c2cccc(CO)c2)cc(N2C[C@H]3CCCN[C@H]3C2)n1. The number of aliphatic hydroxyl groups excluding tert-OH is 1. The highest BCUT2D eigenvalue weighted by Crippen LogP contribution is 2.30. The Hall–Kier alpha value is -2.18. The molecule has 24 heavy (non-hydrogen) atoms. The van der Waals surface area contributed by atoms with Gasteiger partial charge in [0.1, 0.15) is 5.82 Å². The summed E-state index contributed by atoms with van der Waals surface area (Å²) in [6, 6.07) is 10.3. The Bertz CT molecular complexity index is 721. The van der Waals surface area contributed by atoms with Crippen LogP contribution in [0.2, 0.25) is 0 Å². The quantitative estimate of drug-likeness (QED) is 0.791. The third-order valence-electron chi connectivity index (χ3n) is 5.06. The van der Waals surface area contributed by atoms with E-state index in [1.54, 1.807) is 0 Å². The number of aromatic nitrogens is 2. The minimum Gasteiger partial charge on any atom is -0.392 e. The molecule has 0 aliphatic carbocycles. The number of piperidine rings is 1. The van der Waals surface area contributed by atoms with Crippen LogP contribution in [0.15, 0.2) is 30.3 Å². The minimum atomic E-state index is 0.0163. The number of anilines is 2. The summed E-state index contributed by atoms with van der Waals surface area (Å²) in [6.07, 6.45) is 2.53. The van der Waals surface area contributed by atoms with Crippen LogP contribution in [0.25, 0.3) is 11.3 Å². The predicted octanol–water partition coefficient (Wildman–Crippen LogP) is 1.41. The van der Waals surface area contributed by atoms with Crippen LogP contribution in [0.5, 0.6) is 0 Å². The van der Waals surface area contributed by atoms with Gasteiger partial charge in [0.15, 0.2) is 0 Å². The molecule has 6 nitrogen and oxygen atoms in total. The maximum Gasteiger partial charge on any atom is 0.222 e. The summed E-state index contributed by atoms with van der Waals surface area (Å²) in [5.41, 5.74) is 8.58. The Kier molecular flexibility index (Phi) is 4.08.